The number of aromatic amines is 1. The second-order valence-electron chi connectivity index (χ2n) is 4.84. The Bertz CT molecular complexity index is 589. The molecule has 5 heteroatoms. The van der Waals surface area contributed by atoms with Crippen molar-refractivity contribution in [1.29, 1.82) is 0 Å². The van der Waals surface area contributed by atoms with Gasteiger partial charge in [0.05, 0.1) is 6.10 Å². The van der Waals surface area contributed by atoms with Gasteiger partial charge in [-0.15, -0.1) is 0 Å². The Balaban J connectivity index is 2.26. The number of hydrogen-bond donors (Lipinski definition) is 3. The van der Waals surface area contributed by atoms with Gasteiger partial charge in [0.25, 0.3) is 0 Å². The van der Waals surface area contributed by atoms with E-state index in [1.807, 2.05) is 32.0 Å². The Morgan fingerprint density at radius 1 is 1.47 bits per heavy atom. The number of nitrogens with one attached hydrogen (secondary N) is 1. The van der Waals surface area contributed by atoms with Crippen molar-refractivity contribution in [3.63, 3.8) is 0 Å². The minimum atomic E-state index is -0.992. The highest BCUT2D eigenvalue weighted by atomic mass is 16.5. The summed E-state index contributed by atoms with van der Waals surface area (Å²) in [5, 5.41) is 9.82. The van der Waals surface area contributed by atoms with Gasteiger partial charge in [-0.2, -0.15) is 0 Å². The van der Waals surface area contributed by atoms with Gasteiger partial charge in [-0.25, -0.2) is 0 Å². The van der Waals surface area contributed by atoms with Crippen molar-refractivity contribution in [1.82, 2.24) is 4.98 Å². The fraction of sp³-hybridized carbons (Fsp3) is 0.357. The van der Waals surface area contributed by atoms with Crippen molar-refractivity contribution in [2.75, 3.05) is 0 Å². The second-order valence-corrected chi connectivity index (χ2v) is 4.84. The molecule has 1 heterocycles. The van der Waals surface area contributed by atoms with Crippen molar-refractivity contribution in [3.8, 4) is 5.75 Å². The molecular weight excluding hydrogens is 244 g/mol. The molecule has 4 N–H and O–H groups in total. The van der Waals surface area contributed by atoms with Crippen LogP contribution in [0.3, 0.4) is 0 Å². The molecule has 0 amide bonds. The second kappa shape index (κ2) is 5.32. The van der Waals surface area contributed by atoms with Crippen LogP contribution in [0.15, 0.2) is 24.4 Å². The van der Waals surface area contributed by atoms with E-state index in [0.29, 0.717) is 6.42 Å². The summed E-state index contributed by atoms with van der Waals surface area (Å²) in [6.45, 7) is 3.94. The molecule has 0 saturated carbocycles. The number of fused-ring (bicyclic) bond motifs is 1. The van der Waals surface area contributed by atoms with Crippen LogP contribution in [0.25, 0.3) is 10.9 Å². The number of benzene rings is 1. The maximum Gasteiger partial charge on any atom is 0.320 e. The summed E-state index contributed by atoms with van der Waals surface area (Å²) in [7, 11) is 0. The number of carboxylic acid groups (broad SMARTS) is 1. The fourth-order valence-electron chi connectivity index (χ4n) is 2.00. The highest BCUT2D eigenvalue weighted by Crippen LogP contribution is 2.24. The van der Waals surface area contributed by atoms with E-state index in [-0.39, 0.29) is 6.10 Å². The van der Waals surface area contributed by atoms with E-state index in [9.17, 15) is 4.79 Å². The number of aromatic nitrogens is 1. The third-order valence-electron chi connectivity index (χ3n) is 2.87. The first kappa shape index (κ1) is 13.4. The Hall–Kier alpha value is -2.01. The molecule has 1 atom stereocenters. The standard InChI is InChI=1S/C14H18N2O3/c1-8(2)19-10-3-4-11-9(5-12(15)14(17)18)7-16-13(11)6-10/h3-4,6-8,12,16H,5,15H2,1-2H3,(H,17,18)/t12-/m0/s1. The minimum absolute atomic E-state index is 0.118. The van der Waals surface area contributed by atoms with Gasteiger partial charge in [0.2, 0.25) is 0 Å². The highest BCUT2D eigenvalue weighted by molar-refractivity contribution is 5.85. The molecule has 0 saturated heterocycles. The molecule has 19 heavy (non-hydrogen) atoms. The number of aliphatic carboxylic acids is 1. The van der Waals surface area contributed by atoms with Gasteiger partial charge in [-0.05, 0) is 31.5 Å². The zero-order valence-electron chi connectivity index (χ0n) is 11.0. The van der Waals surface area contributed by atoms with Crippen LogP contribution in [0.5, 0.6) is 5.75 Å². The van der Waals surface area contributed by atoms with Crippen LogP contribution < -0.4 is 10.5 Å². The van der Waals surface area contributed by atoms with Crippen LogP contribution in [0.2, 0.25) is 0 Å². The molecule has 2 rings (SSSR count). The Labute approximate surface area is 111 Å². The molecule has 1 aromatic carbocycles. The molecule has 0 spiro atoms. The normalized spacial score (nSPS) is 12.8. The number of carboxylic acids is 1. The molecule has 0 aliphatic rings. The van der Waals surface area contributed by atoms with Crippen LogP contribution in [-0.2, 0) is 11.2 Å². The van der Waals surface area contributed by atoms with Crippen LogP contribution in [-0.4, -0.2) is 28.2 Å². The number of rotatable bonds is 5. The van der Waals surface area contributed by atoms with Gasteiger partial charge in [0.15, 0.2) is 0 Å². The summed E-state index contributed by atoms with van der Waals surface area (Å²) < 4.78 is 5.61. The summed E-state index contributed by atoms with van der Waals surface area (Å²) in [6, 6.07) is 4.83. The Kier molecular flexibility index (Phi) is 3.76. The molecule has 5 nitrogen and oxygen atoms in total. The van der Waals surface area contributed by atoms with E-state index in [0.717, 1.165) is 22.2 Å². The summed E-state index contributed by atoms with van der Waals surface area (Å²) in [6.07, 6.45) is 2.22. The summed E-state index contributed by atoms with van der Waals surface area (Å²) in [5.74, 6) is -0.201. The maximum absolute atomic E-state index is 10.8. The average molecular weight is 262 g/mol. The molecule has 0 aliphatic heterocycles. The number of carbonyl (C=O) groups is 1. The first-order valence-corrected chi connectivity index (χ1v) is 6.22. The monoisotopic (exact) mass is 262 g/mol. The van der Waals surface area contributed by atoms with Crippen LogP contribution >= 0.6 is 0 Å². The Morgan fingerprint density at radius 3 is 2.84 bits per heavy atom. The van der Waals surface area contributed by atoms with Crippen molar-refractivity contribution < 1.29 is 14.6 Å². The topological polar surface area (TPSA) is 88.3 Å². The lowest BCUT2D eigenvalue weighted by molar-refractivity contribution is -0.138. The third-order valence-corrected chi connectivity index (χ3v) is 2.87. The quantitative estimate of drug-likeness (QED) is 0.768. The molecule has 102 valence electrons. The summed E-state index contributed by atoms with van der Waals surface area (Å²) in [5.41, 5.74) is 7.38. The first-order valence-electron chi connectivity index (χ1n) is 6.22. The zero-order chi connectivity index (χ0) is 14.0. The number of H-pyrrole nitrogens is 1. The van der Waals surface area contributed by atoms with Crippen LogP contribution in [0.4, 0.5) is 0 Å². The van der Waals surface area contributed by atoms with Gasteiger partial charge in [0.1, 0.15) is 11.8 Å². The van der Waals surface area contributed by atoms with E-state index < -0.39 is 12.0 Å². The number of ether oxygens (including phenoxy) is 1. The Morgan fingerprint density at radius 2 is 2.21 bits per heavy atom. The van der Waals surface area contributed by atoms with Crippen molar-refractivity contribution in [2.24, 2.45) is 5.73 Å². The predicted octanol–water partition coefficient (Wildman–Crippen LogP) is 1.91. The van der Waals surface area contributed by atoms with E-state index >= 15 is 0 Å². The molecule has 0 fully saturated rings. The van der Waals surface area contributed by atoms with E-state index in [2.05, 4.69) is 4.98 Å². The maximum atomic E-state index is 10.8. The summed E-state index contributed by atoms with van der Waals surface area (Å²) in [4.78, 5) is 13.9. The van der Waals surface area contributed by atoms with Crippen LogP contribution in [0, 0.1) is 0 Å². The number of nitrogens with two attached hydrogens (primary N) is 1. The van der Waals surface area contributed by atoms with Gasteiger partial charge in [0, 0.05) is 29.6 Å². The molecule has 0 unspecified atom stereocenters. The molecule has 0 aliphatic carbocycles. The lowest BCUT2D eigenvalue weighted by atomic mass is 10.1. The highest BCUT2D eigenvalue weighted by Gasteiger charge is 2.15. The van der Waals surface area contributed by atoms with E-state index in [4.69, 9.17) is 15.6 Å². The largest absolute Gasteiger partial charge is 0.491 e. The average Bonchev–Trinajstić information content (AvgIpc) is 2.71. The molecular formula is C14H18N2O3. The lowest BCUT2D eigenvalue weighted by Gasteiger charge is -2.09. The van der Waals surface area contributed by atoms with Gasteiger partial charge < -0.3 is 20.6 Å². The number of hydrogen-bond acceptors (Lipinski definition) is 3. The molecule has 0 radical (unpaired) electrons. The predicted molar refractivity (Wildman–Crippen MR) is 73.4 cm³/mol. The van der Waals surface area contributed by atoms with Crippen LogP contribution in [0.1, 0.15) is 19.4 Å². The van der Waals surface area contributed by atoms with E-state index in [1.54, 1.807) is 6.20 Å². The van der Waals surface area contributed by atoms with Crippen molar-refractivity contribution in [2.45, 2.75) is 32.4 Å². The van der Waals surface area contributed by atoms with Gasteiger partial charge >= 0.3 is 5.97 Å². The van der Waals surface area contributed by atoms with Gasteiger partial charge in [-0.1, -0.05) is 0 Å². The smallest absolute Gasteiger partial charge is 0.320 e. The lowest BCUT2D eigenvalue weighted by Crippen LogP contribution is -2.32. The van der Waals surface area contributed by atoms with Crippen molar-refractivity contribution in [3.05, 3.63) is 30.0 Å². The molecule has 0 bridgehead atoms. The van der Waals surface area contributed by atoms with Gasteiger partial charge in [-0.3, -0.25) is 4.79 Å². The SMILES string of the molecule is CC(C)Oc1ccc2c(C[C@H](N)C(=O)O)c[nH]c2c1. The molecule has 1 aromatic heterocycles. The van der Waals surface area contributed by atoms with E-state index in [1.165, 1.54) is 0 Å². The van der Waals surface area contributed by atoms with Crippen molar-refractivity contribution >= 4 is 16.9 Å². The first-order chi connectivity index (χ1) is 8.97. The fourth-order valence-corrected chi connectivity index (χ4v) is 2.00. The molecule has 2 aromatic rings. The third kappa shape index (κ3) is 3.06. The zero-order valence-corrected chi connectivity index (χ0v) is 11.0. The minimum Gasteiger partial charge on any atom is -0.491 e. The summed E-state index contributed by atoms with van der Waals surface area (Å²) >= 11 is 0.